The van der Waals surface area contributed by atoms with Gasteiger partial charge in [-0.3, -0.25) is 9.79 Å². The zero-order valence-corrected chi connectivity index (χ0v) is 15.4. The molecule has 0 aromatic heterocycles. The number of ketones is 1. The second-order valence-electron chi connectivity index (χ2n) is 7.18. The Morgan fingerprint density at radius 1 is 0.909 bits per heavy atom. The van der Waals surface area contributed by atoms with Crippen LogP contribution in [0.3, 0.4) is 0 Å². The van der Waals surface area contributed by atoms with Crippen LogP contribution >= 0.6 is 0 Å². The van der Waals surface area contributed by atoms with E-state index in [1.165, 1.54) is 11.1 Å². The summed E-state index contributed by atoms with van der Waals surface area (Å²) in [6.45, 7) is 16.6. The maximum atomic E-state index is 12.0. The van der Waals surface area contributed by atoms with Crippen LogP contribution < -0.4 is 0 Å². The molecule has 0 heterocycles. The van der Waals surface area contributed by atoms with Crippen molar-refractivity contribution < 1.29 is 4.79 Å². The minimum atomic E-state index is -0.0970. The zero-order chi connectivity index (χ0) is 17.0. The molecule has 1 rings (SSSR count). The molecule has 0 aliphatic carbocycles. The monoisotopic (exact) mass is 301 g/mol. The molecule has 1 aromatic rings. The van der Waals surface area contributed by atoms with E-state index in [0.29, 0.717) is 11.8 Å². The van der Waals surface area contributed by atoms with Crippen molar-refractivity contribution in [1.29, 1.82) is 0 Å². The van der Waals surface area contributed by atoms with Crippen LogP contribution in [-0.2, 0) is 4.79 Å². The van der Waals surface area contributed by atoms with Gasteiger partial charge in [-0.2, -0.15) is 0 Å². The van der Waals surface area contributed by atoms with Gasteiger partial charge in [0.05, 0.1) is 11.6 Å². The van der Waals surface area contributed by atoms with Crippen molar-refractivity contribution in [3.05, 3.63) is 29.3 Å². The Morgan fingerprint density at radius 2 is 1.36 bits per heavy atom. The molecule has 1 atom stereocenters. The Kier molecular flexibility index (Phi) is 6.52. The third-order valence-corrected chi connectivity index (χ3v) is 4.19. The SMILES string of the molecule is CC(=O)C(/C(C)=N/c1c(C(C)C)cccc1C(C)C)C(C)C. The van der Waals surface area contributed by atoms with E-state index in [1.54, 1.807) is 6.92 Å². The van der Waals surface area contributed by atoms with E-state index in [0.717, 1.165) is 11.4 Å². The second kappa shape index (κ2) is 7.71. The fourth-order valence-electron chi connectivity index (χ4n) is 3.13. The topological polar surface area (TPSA) is 29.4 Å². The van der Waals surface area contributed by atoms with Crippen LogP contribution in [0.5, 0.6) is 0 Å². The Balaban J connectivity index is 3.47. The molecule has 0 bridgehead atoms. The predicted octanol–water partition coefficient (Wildman–Crippen LogP) is 5.89. The van der Waals surface area contributed by atoms with Crippen molar-refractivity contribution in [2.75, 3.05) is 0 Å². The summed E-state index contributed by atoms with van der Waals surface area (Å²) in [6, 6.07) is 6.42. The third-order valence-electron chi connectivity index (χ3n) is 4.19. The van der Waals surface area contributed by atoms with Gasteiger partial charge >= 0.3 is 0 Å². The van der Waals surface area contributed by atoms with Gasteiger partial charge in [-0.05, 0) is 42.7 Å². The summed E-state index contributed by atoms with van der Waals surface area (Å²) in [5.41, 5.74) is 4.52. The Labute approximate surface area is 136 Å². The highest BCUT2D eigenvalue weighted by molar-refractivity contribution is 6.04. The summed E-state index contributed by atoms with van der Waals surface area (Å²) in [5, 5.41) is 0. The maximum Gasteiger partial charge on any atom is 0.138 e. The molecule has 0 N–H and O–H groups in total. The van der Waals surface area contributed by atoms with E-state index in [1.807, 2.05) is 6.92 Å². The Bertz CT molecular complexity index is 527. The number of rotatable bonds is 6. The van der Waals surface area contributed by atoms with Gasteiger partial charge in [-0.1, -0.05) is 59.7 Å². The molecule has 0 spiro atoms. The van der Waals surface area contributed by atoms with Gasteiger partial charge in [0.1, 0.15) is 5.78 Å². The maximum absolute atomic E-state index is 12.0. The van der Waals surface area contributed by atoms with E-state index < -0.39 is 0 Å². The molecular weight excluding hydrogens is 270 g/mol. The molecule has 0 saturated carbocycles. The molecule has 0 saturated heterocycles. The van der Waals surface area contributed by atoms with E-state index in [2.05, 4.69) is 59.7 Å². The van der Waals surface area contributed by atoms with Gasteiger partial charge in [0, 0.05) is 5.71 Å². The largest absolute Gasteiger partial charge is 0.299 e. The number of para-hydroxylation sites is 1. The Morgan fingerprint density at radius 3 is 1.68 bits per heavy atom. The fraction of sp³-hybridized carbons (Fsp3) is 0.600. The molecule has 0 aliphatic heterocycles. The van der Waals surface area contributed by atoms with Crippen molar-refractivity contribution in [3.8, 4) is 0 Å². The lowest BCUT2D eigenvalue weighted by atomic mass is 9.87. The summed E-state index contributed by atoms with van der Waals surface area (Å²) in [4.78, 5) is 16.9. The van der Waals surface area contributed by atoms with E-state index in [9.17, 15) is 4.79 Å². The van der Waals surface area contributed by atoms with Gasteiger partial charge in [0.25, 0.3) is 0 Å². The number of nitrogens with zero attached hydrogens (tertiary/aromatic N) is 1. The van der Waals surface area contributed by atoms with Crippen molar-refractivity contribution >= 4 is 17.2 Å². The molecule has 22 heavy (non-hydrogen) atoms. The molecule has 2 nitrogen and oxygen atoms in total. The molecule has 1 unspecified atom stereocenters. The molecule has 0 amide bonds. The fourth-order valence-corrected chi connectivity index (χ4v) is 3.13. The molecule has 2 heteroatoms. The van der Waals surface area contributed by atoms with Crippen LogP contribution in [0.25, 0.3) is 0 Å². The number of aliphatic imine (C=N–C) groups is 1. The van der Waals surface area contributed by atoms with Gasteiger partial charge in [-0.15, -0.1) is 0 Å². The van der Waals surface area contributed by atoms with Crippen molar-refractivity contribution in [2.24, 2.45) is 16.8 Å². The van der Waals surface area contributed by atoms with Crippen LogP contribution in [0, 0.1) is 11.8 Å². The van der Waals surface area contributed by atoms with Gasteiger partial charge < -0.3 is 0 Å². The Hall–Kier alpha value is -1.44. The van der Waals surface area contributed by atoms with Crippen molar-refractivity contribution in [3.63, 3.8) is 0 Å². The smallest absolute Gasteiger partial charge is 0.138 e. The molecule has 1 aromatic carbocycles. The van der Waals surface area contributed by atoms with Gasteiger partial charge in [0.15, 0.2) is 0 Å². The first-order valence-electron chi connectivity index (χ1n) is 8.35. The van der Waals surface area contributed by atoms with Crippen LogP contribution in [-0.4, -0.2) is 11.5 Å². The second-order valence-corrected chi connectivity index (χ2v) is 7.18. The zero-order valence-electron chi connectivity index (χ0n) is 15.4. The lowest BCUT2D eigenvalue weighted by Crippen LogP contribution is -2.25. The number of Topliss-reactive ketones (excluding diaryl/α,β-unsaturated/α-hetero) is 1. The predicted molar refractivity (Wildman–Crippen MR) is 96.4 cm³/mol. The van der Waals surface area contributed by atoms with E-state index >= 15 is 0 Å². The molecule has 0 aliphatic rings. The highest BCUT2D eigenvalue weighted by Gasteiger charge is 2.23. The number of carbonyl (C=O) groups excluding carboxylic acids is 1. The molecule has 0 fully saturated rings. The van der Waals surface area contributed by atoms with E-state index in [4.69, 9.17) is 4.99 Å². The van der Waals surface area contributed by atoms with Crippen LogP contribution in [0.2, 0.25) is 0 Å². The number of hydrogen-bond acceptors (Lipinski definition) is 2. The summed E-state index contributed by atoms with van der Waals surface area (Å²) in [5.74, 6) is 1.21. The highest BCUT2D eigenvalue weighted by atomic mass is 16.1. The lowest BCUT2D eigenvalue weighted by molar-refractivity contribution is -0.119. The highest BCUT2D eigenvalue weighted by Crippen LogP contribution is 2.35. The first kappa shape index (κ1) is 18.6. The van der Waals surface area contributed by atoms with Crippen LogP contribution in [0.15, 0.2) is 23.2 Å². The van der Waals surface area contributed by atoms with E-state index in [-0.39, 0.29) is 17.6 Å². The number of hydrogen-bond donors (Lipinski definition) is 0. The quantitative estimate of drug-likeness (QED) is 0.603. The minimum Gasteiger partial charge on any atom is -0.299 e. The normalized spacial score (nSPS) is 14.0. The number of benzene rings is 1. The van der Waals surface area contributed by atoms with Crippen LogP contribution in [0.1, 0.15) is 78.4 Å². The molecule has 122 valence electrons. The minimum absolute atomic E-state index is 0.0970. The van der Waals surface area contributed by atoms with Crippen molar-refractivity contribution in [2.45, 2.75) is 67.2 Å². The summed E-state index contributed by atoms with van der Waals surface area (Å²) in [6.07, 6.45) is 0. The standard InChI is InChI=1S/C20H31NO/c1-12(2)17-10-9-11-18(13(3)4)20(17)21-15(7)19(14(5)6)16(8)22/h9-14,19H,1-8H3/b21-15+. The summed E-state index contributed by atoms with van der Waals surface area (Å²) in [7, 11) is 0. The van der Waals surface area contributed by atoms with Gasteiger partial charge in [0.2, 0.25) is 0 Å². The first-order chi connectivity index (χ1) is 10.2. The molecule has 0 radical (unpaired) electrons. The lowest BCUT2D eigenvalue weighted by Gasteiger charge is -2.21. The number of carbonyl (C=O) groups is 1. The van der Waals surface area contributed by atoms with Crippen LogP contribution in [0.4, 0.5) is 5.69 Å². The van der Waals surface area contributed by atoms with Gasteiger partial charge in [-0.25, -0.2) is 0 Å². The third kappa shape index (κ3) is 4.28. The van der Waals surface area contributed by atoms with Crippen molar-refractivity contribution in [1.82, 2.24) is 0 Å². The average molecular weight is 301 g/mol. The average Bonchev–Trinajstić information content (AvgIpc) is 2.37. The summed E-state index contributed by atoms with van der Waals surface area (Å²) < 4.78 is 0. The molecular formula is C20H31NO. The summed E-state index contributed by atoms with van der Waals surface area (Å²) >= 11 is 0. The first-order valence-corrected chi connectivity index (χ1v) is 8.35.